The molecule has 1 saturated heterocycles. The average Bonchev–Trinajstić information content (AvgIpc) is 2.53. The van der Waals surface area contributed by atoms with Gasteiger partial charge in [0.05, 0.1) is 11.1 Å². The van der Waals surface area contributed by atoms with Crippen LogP contribution in [-0.2, 0) is 0 Å². The van der Waals surface area contributed by atoms with E-state index in [-0.39, 0.29) is 11.9 Å². The number of rotatable bonds is 2. The first-order valence-electron chi connectivity index (χ1n) is 7.57. The number of piperidine rings is 1. The van der Waals surface area contributed by atoms with E-state index in [0.717, 1.165) is 35.9 Å². The summed E-state index contributed by atoms with van der Waals surface area (Å²) < 4.78 is 0. The first-order chi connectivity index (χ1) is 10.2. The Labute approximate surface area is 125 Å². The van der Waals surface area contributed by atoms with E-state index in [0.29, 0.717) is 12.5 Å². The van der Waals surface area contributed by atoms with E-state index in [2.05, 4.69) is 11.9 Å². The molecule has 1 amide bonds. The number of nitrogens with two attached hydrogens (primary N) is 1. The number of carbonyl (C=O) groups is 1. The predicted octanol–water partition coefficient (Wildman–Crippen LogP) is 2.43. The third-order valence-corrected chi connectivity index (χ3v) is 4.50. The lowest BCUT2D eigenvalue weighted by Gasteiger charge is -2.39. The number of aromatic nitrogens is 1. The molecule has 0 spiro atoms. The maximum atomic E-state index is 13.0. The Bertz CT molecular complexity index is 650. The molecule has 2 heterocycles. The van der Waals surface area contributed by atoms with Gasteiger partial charge < -0.3 is 10.6 Å². The Kier molecular flexibility index (Phi) is 3.88. The highest BCUT2D eigenvalue weighted by Gasteiger charge is 2.31. The number of nitrogens with zero attached hydrogens (tertiary/aromatic N) is 2. The molecule has 4 nitrogen and oxygen atoms in total. The second kappa shape index (κ2) is 5.82. The lowest BCUT2D eigenvalue weighted by molar-refractivity contribution is 0.0534. The number of para-hydroxylation sites is 1. The normalized spacial score (nSPS) is 22.5. The van der Waals surface area contributed by atoms with Crippen LogP contribution in [0.15, 0.2) is 36.5 Å². The number of hydrogen-bond acceptors (Lipinski definition) is 3. The second-order valence-corrected chi connectivity index (χ2v) is 5.80. The molecule has 2 aromatic rings. The third kappa shape index (κ3) is 2.51. The van der Waals surface area contributed by atoms with Gasteiger partial charge in [0.25, 0.3) is 5.91 Å². The molecule has 0 bridgehead atoms. The van der Waals surface area contributed by atoms with Crippen LogP contribution in [0.5, 0.6) is 0 Å². The monoisotopic (exact) mass is 283 g/mol. The summed E-state index contributed by atoms with van der Waals surface area (Å²) >= 11 is 0. The predicted molar refractivity (Wildman–Crippen MR) is 84.0 cm³/mol. The van der Waals surface area contributed by atoms with Crippen LogP contribution in [0.4, 0.5) is 0 Å². The summed E-state index contributed by atoms with van der Waals surface area (Å²) in [5, 5.41) is 0.916. The fourth-order valence-corrected chi connectivity index (χ4v) is 3.30. The number of pyridine rings is 1. The zero-order valence-electron chi connectivity index (χ0n) is 12.3. The fourth-order valence-electron chi connectivity index (χ4n) is 3.30. The summed E-state index contributed by atoms with van der Waals surface area (Å²) in [4.78, 5) is 19.3. The summed E-state index contributed by atoms with van der Waals surface area (Å²) in [6, 6.07) is 9.73. The molecule has 2 N–H and O–H groups in total. The van der Waals surface area contributed by atoms with Gasteiger partial charge in [0.15, 0.2) is 0 Å². The Morgan fingerprint density at radius 1 is 1.38 bits per heavy atom. The zero-order chi connectivity index (χ0) is 14.8. The van der Waals surface area contributed by atoms with Crippen molar-refractivity contribution in [1.82, 2.24) is 9.88 Å². The maximum Gasteiger partial charge on any atom is 0.254 e. The van der Waals surface area contributed by atoms with Gasteiger partial charge in [-0.15, -0.1) is 0 Å². The van der Waals surface area contributed by atoms with Crippen LogP contribution in [0.2, 0.25) is 0 Å². The summed E-state index contributed by atoms with van der Waals surface area (Å²) in [6.07, 6.45) is 3.90. The average molecular weight is 283 g/mol. The van der Waals surface area contributed by atoms with Crippen LogP contribution in [0.1, 0.15) is 30.1 Å². The minimum absolute atomic E-state index is 0.0793. The molecule has 0 radical (unpaired) electrons. The van der Waals surface area contributed by atoms with Crippen LogP contribution >= 0.6 is 0 Å². The van der Waals surface area contributed by atoms with E-state index in [9.17, 15) is 4.79 Å². The third-order valence-electron chi connectivity index (χ3n) is 4.50. The number of carbonyl (C=O) groups excluding carboxylic acids is 1. The number of fused-ring (bicyclic) bond motifs is 1. The summed E-state index contributed by atoms with van der Waals surface area (Å²) in [5.74, 6) is 0.538. The van der Waals surface area contributed by atoms with Gasteiger partial charge in [-0.3, -0.25) is 9.78 Å². The molecule has 3 rings (SSSR count). The Morgan fingerprint density at radius 2 is 2.19 bits per heavy atom. The van der Waals surface area contributed by atoms with Gasteiger partial charge in [-0.1, -0.05) is 25.1 Å². The van der Waals surface area contributed by atoms with E-state index >= 15 is 0 Å². The molecular weight excluding hydrogens is 262 g/mol. The van der Waals surface area contributed by atoms with Crippen molar-refractivity contribution in [3.05, 3.63) is 42.1 Å². The second-order valence-electron chi connectivity index (χ2n) is 5.80. The standard InChI is InChI=1S/C17H21N3O/c1-12-5-4-10-20(16(12)11-18)17(21)14-8-9-19-15-7-3-2-6-13(14)15/h2-3,6-9,12,16H,4-5,10-11,18H2,1H3. The van der Waals surface area contributed by atoms with E-state index in [1.54, 1.807) is 6.20 Å². The van der Waals surface area contributed by atoms with Crippen molar-refractivity contribution in [3.8, 4) is 0 Å². The van der Waals surface area contributed by atoms with Gasteiger partial charge in [0.1, 0.15) is 0 Å². The highest BCUT2D eigenvalue weighted by Crippen LogP contribution is 2.26. The molecule has 4 heteroatoms. The molecule has 1 aromatic heterocycles. The number of likely N-dealkylation sites (tertiary alicyclic amines) is 1. The SMILES string of the molecule is CC1CCCN(C(=O)c2ccnc3ccccc23)C1CN. The molecule has 1 aromatic carbocycles. The summed E-state index contributed by atoms with van der Waals surface area (Å²) in [7, 11) is 0. The molecule has 0 saturated carbocycles. The Balaban J connectivity index is 2.00. The van der Waals surface area contributed by atoms with Crippen molar-refractivity contribution >= 4 is 16.8 Å². The lowest BCUT2D eigenvalue weighted by atomic mass is 9.90. The maximum absolute atomic E-state index is 13.0. The molecular formula is C17H21N3O. The first-order valence-corrected chi connectivity index (χ1v) is 7.57. The molecule has 110 valence electrons. The minimum Gasteiger partial charge on any atom is -0.334 e. The summed E-state index contributed by atoms with van der Waals surface area (Å²) in [5.41, 5.74) is 7.50. The van der Waals surface area contributed by atoms with Crippen molar-refractivity contribution in [2.75, 3.05) is 13.1 Å². The Morgan fingerprint density at radius 3 is 3.00 bits per heavy atom. The van der Waals surface area contributed by atoms with Gasteiger partial charge in [0, 0.05) is 30.7 Å². The van der Waals surface area contributed by atoms with Gasteiger partial charge in [-0.2, -0.15) is 0 Å². The molecule has 2 atom stereocenters. The minimum atomic E-state index is 0.0793. The van der Waals surface area contributed by atoms with Crippen molar-refractivity contribution in [2.24, 2.45) is 11.7 Å². The van der Waals surface area contributed by atoms with Crippen LogP contribution in [0.25, 0.3) is 10.9 Å². The highest BCUT2D eigenvalue weighted by molar-refractivity contribution is 6.06. The van der Waals surface area contributed by atoms with Crippen LogP contribution in [0, 0.1) is 5.92 Å². The van der Waals surface area contributed by atoms with Crippen LogP contribution in [-0.4, -0.2) is 34.9 Å². The largest absolute Gasteiger partial charge is 0.334 e. The first kappa shape index (κ1) is 14.0. The number of amides is 1. The van der Waals surface area contributed by atoms with Crippen molar-refractivity contribution < 1.29 is 4.79 Å². The van der Waals surface area contributed by atoms with Crippen molar-refractivity contribution in [1.29, 1.82) is 0 Å². The molecule has 1 aliphatic heterocycles. The van der Waals surface area contributed by atoms with Crippen molar-refractivity contribution in [2.45, 2.75) is 25.8 Å². The molecule has 0 aliphatic carbocycles. The number of hydrogen-bond donors (Lipinski definition) is 1. The van der Waals surface area contributed by atoms with Gasteiger partial charge in [0.2, 0.25) is 0 Å². The van der Waals surface area contributed by atoms with Crippen LogP contribution < -0.4 is 5.73 Å². The highest BCUT2D eigenvalue weighted by atomic mass is 16.2. The van der Waals surface area contributed by atoms with Gasteiger partial charge in [-0.25, -0.2) is 0 Å². The summed E-state index contributed by atoms with van der Waals surface area (Å²) in [6.45, 7) is 3.50. The quantitative estimate of drug-likeness (QED) is 0.921. The van der Waals surface area contributed by atoms with Gasteiger partial charge >= 0.3 is 0 Å². The van der Waals surface area contributed by atoms with Gasteiger partial charge in [-0.05, 0) is 30.9 Å². The molecule has 2 unspecified atom stereocenters. The van der Waals surface area contributed by atoms with E-state index in [4.69, 9.17) is 5.73 Å². The van der Waals surface area contributed by atoms with E-state index in [1.165, 1.54) is 0 Å². The van der Waals surface area contributed by atoms with E-state index < -0.39 is 0 Å². The molecule has 1 aliphatic rings. The zero-order valence-corrected chi connectivity index (χ0v) is 12.3. The van der Waals surface area contributed by atoms with Crippen LogP contribution in [0.3, 0.4) is 0 Å². The topological polar surface area (TPSA) is 59.2 Å². The smallest absolute Gasteiger partial charge is 0.254 e. The number of benzene rings is 1. The van der Waals surface area contributed by atoms with E-state index in [1.807, 2.05) is 35.2 Å². The molecule has 21 heavy (non-hydrogen) atoms. The molecule has 1 fully saturated rings. The fraction of sp³-hybridized carbons (Fsp3) is 0.412. The Hall–Kier alpha value is -1.94. The lowest BCUT2D eigenvalue weighted by Crippen LogP contribution is -2.51. The van der Waals surface area contributed by atoms with Crippen molar-refractivity contribution in [3.63, 3.8) is 0 Å².